The van der Waals surface area contributed by atoms with Crippen LogP contribution in [0, 0.1) is 0 Å². The fourth-order valence-corrected chi connectivity index (χ4v) is 5.46. The minimum Gasteiger partial charge on any atom is -0.486 e. The molecule has 0 aliphatic carbocycles. The highest BCUT2D eigenvalue weighted by atomic mass is 35.5. The number of ether oxygens (including phenoxy) is 2. The number of piperidine rings is 1. The van der Waals surface area contributed by atoms with E-state index in [0.717, 1.165) is 42.1 Å². The van der Waals surface area contributed by atoms with E-state index < -0.39 is 5.60 Å². The Labute approximate surface area is 239 Å². The SMILES string of the molecule is CC1(NC(=O)OC(C)(C)C)CCN(c2cnc(Sc3cccc(Cl)c3Cl)c(OCc3ccccc3)c2)CC1. The largest absolute Gasteiger partial charge is 0.486 e. The van der Waals surface area contributed by atoms with Gasteiger partial charge in [-0.25, -0.2) is 9.78 Å². The predicted octanol–water partition coefficient (Wildman–Crippen LogP) is 8.00. The highest BCUT2D eigenvalue weighted by molar-refractivity contribution is 7.99. The fraction of sp³-hybridized carbons (Fsp3) is 0.379. The van der Waals surface area contributed by atoms with Crippen molar-refractivity contribution in [2.24, 2.45) is 0 Å². The molecule has 9 heteroatoms. The molecule has 1 fully saturated rings. The number of hydrogen-bond acceptors (Lipinski definition) is 6. The van der Waals surface area contributed by atoms with Gasteiger partial charge in [0.25, 0.3) is 0 Å². The van der Waals surface area contributed by atoms with Crippen molar-refractivity contribution in [3.05, 3.63) is 76.4 Å². The van der Waals surface area contributed by atoms with Crippen LogP contribution in [0.5, 0.6) is 5.75 Å². The van der Waals surface area contributed by atoms with Gasteiger partial charge in [-0.05, 0) is 58.2 Å². The Bertz CT molecular complexity index is 1260. The Morgan fingerprint density at radius 1 is 1.11 bits per heavy atom. The van der Waals surface area contributed by atoms with E-state index in [9.17, 15) is 4.79 Å². The number of rotatable bonds is 7. The first-order chi connectivity index (χ1) is 18.0. The fourth-order valence-electron chi connectivity index (χ4n) is 4.11. The highest BCUT2D eigenvalue weighted by Gasteiger charge is 2.33. The van der Waals surface area contributed by atoms with E-state index in [1.807, 2.05) is 75.5 Å². The van der Waals surface area contributed by atoms with Crippen molar-refractivity contribution >= 4 is 46.7 Å². The molecular weight excluding hydrogens is 541 g/mol. The average molecular weight is 575 g/mol. The summed E-state index contributed by atoms with van der Waals surface area (Å²) in [6.45, 7) is 9.60. The molecule has 0 saturated carbocycles. The van der Waals surface area contributed by atoms with Gasteiger partial charge in [0.1, 0.15) is 17.2 Å². The Balaban J connectivity index is 1.50. The number of hydrogen-bond donors (Lipinski definition) is 1. The lowest BCUT2D eigenvalue weighted by Crippen LogP contribution is -2.54. The summed E-state index contributed by atoms with van der Waals surface area (Å²) in [5.41, 5.74) is 1.17. The molecule has 1 aliphatic rings. The summed E-state index contributed by atoms with van der Waals surface area (Å²) in [6, 6.07) is 17.6. The molecule has 6 nitrogen and oxygen atoms in total. The molecule has 1 saturated heterocycles. The summed E-state index contributed by atoms with van der Waals surface area (Å²) in [5, 5.41) is 4.76. The topological polar surface area (TPSA) is 63.7 Å². The number of carbonyl (C=O) groups is 1. The lowest BCUT2D eigenvalue weighted by molar-refractivity contribution is 0.0448. The molecule has 0 unspecified atom stereocenters. The number of pyridine rings is 1. The van der Waals surface area contributed by atoms with Crippen molar-refractivity contribution in [2.45, 2.75) is 68.2 Å². The van der Waals surface area contributed by atoms with Crippen LogP contribution in [0.15, 0.2) is 70.7 Å². The van der Waals surface area contributed by atoms with Gasteiger partial charge < -0.3 is 19.7 Å². The van der Waals surface area contributed by atoms with Gasteiger partial charge in [-0.15, -0.1) is 0 Å². The third-order valence-electron chi connectivity index (χ3n) is 6.20. The van der Waals surface area contributed by atoms with Crippen LogP contribution in [-0.4, -0.2) is 35.3 Å². The number of aromatic nitrogens is 1. The van der Waals surface area contributed by atoms with Gasteiger partial charge in [0.15, 0.2) is 5.75 Å². The standard InChI is InChI=1S/C29H33Cl2N3O3S/c1-28(2,3)37-27(35)33-29(4)13-15-34(16-14-29)21-17-23(36-19-20-9-6-5-7-10-20)26(32-18-21)38-24-12-8-11-22(30)25(24)31/h5-12,17-18H,13-16,19H2,1-4H3,(H,33,35). The number of alkyl carbamates (subject to hydrolysis) is 1. The molecule has 2 aromatic carbocycles. The van der Waals surface area contributed by atoms with Crippen LogP contribution >= 0.6 is 35.0 Å². The maximum absolute atomic E-state index is 12.4. The van der Waals surface area contributed by atoms with Crippen LogP contribution in [0.3, 0.4) is 0 Å². The zero-order valence-electron chi connectivity index (χ0n) is 22.1. The summed E-state index contributed by atoms with van der Waals surface area (Å²) >= 11 is 14.1. The van der Waals surface area contributed by atoms with Gasteiger partial charge in [0.2, 0.25) is 0 Å². The van der Waals surface area contributed by atoms with Gasteiger partial charge in [-0.3, -0.25) is 0 Å². The van der Waals surface area contributed by atoms with Crippen molar-refractivity contribution < 1.29 is 14.3 Å². The summed E-state index contributed by atoms with van der Waals surface area (Å²) in [4.78, 5) is 20.2. The third kappa shape index (κ3) is 7.71. The number of benzene rings is 2. The normalized spacial score (nSPS) is 15.2. The third-order valence-corrected chi connectivity index (χ3v) is 8.19. The van der Waals surface area contributed by atoms with E-state index in [4.69, 9.17) is 37.7 Å². The summed E-state index contributed by atoms with van der Waals surface area (Å²) in [5.74, 6) is 0.674. The molecule has 2 heterocycles. The van der Waals surface area contributed by atoms with E-state index in [0.29, 0.717) is 27.4 Å². The van der Waals surface area contributed by atoms with E-state index in [2.05, 4.69) is 17.1 Å². The smallest absolute Gasteiger partial charge is 0.408 e. The number of anilines is 1. The van der Waals surface area contributed by atoms with Crippen molar-refractivity contribution in [3.63, 3.8) is 0 Å². The molecule has 3 aromatic rings. The Hall–Kier alpha value is -2.61. The second kappa shape index (κ2) is 12.1. The number of carbonyl (C=O) groups excluding carboxylic acids is 1. The van der Waals surface area contributed by atoms with Gasteiger partial charge in [-0.1, -0.05) is 71.4 Å². The lowest BCUT2D eigenvalue weighted by atomic mass is 9.89. The minimum absolute atomic E-state index is 0.335. The number of nitrogens with zero attached hydrogens (tertiary/aromatic N) is 2. The zero-order valence-corrected chi connectivity index (χ0v) is 24.4. The molecule has 0 bridgehead atoms. The van der Waals surface area contributed by atoms with Crippen molar-refractivity contribution in [1.82, 2.24) is 10.3 Å². The van der Waals surface area contributed by atoms with Crippen LogP contribution in [-0.2, 0) is 11.3 Å². The maximum atomic E-state index is 12.4. The van der Waals surface area contributed by atoms with Crippen LogP contribution < -0.4 is 15.0 Å². The number of nitrogens with one attached hydrogen (secondary N) is 1. The van der Waals surface area contributed by atoms with Crippen LogP contribution in [0.25, 0.3) is 0 Å². The zero-order chi connectivity index (χ0) is 27.3. The Morgan fingerprint density at radius 3 is 2.50 bits per heavy atom. The lowest BCUT2D eigenvalue weighted by Gasteiger charge is -2.41. The molecular formula is C29H33Cl2N3O3S. The molecule has 4 rings (SSSR count). The summed E-state index contributed by atoms with van der Waals surface area (Å²) < 4.78 is 11.7. The Morgan fingerprint density at radius 2 is 1.82 bits per heavy atom. The van der Waals surface area contributed by atoms with Crippen molar-refractivity contribution in [2.75, 3.05) is 18.0 Å². The van der Waals surface area contributed by atoms with Gasteiger partial charge >= 0.3 is 6.09 Å². The highest BCUT2D eigenvalue weighted by Crippen LogP contribution is 2.41. The van der Waals surface area contributed by atoms with E-state index in [-0.39, 0.29) is 11.6 Å². The van der Waals surface area contributed by atoms with Gasteiger partial charge in [-0.2, -0.15) is 0 Å². The monoisotopic (exact) mass is 573 g/mol. The first-order valence-electron chi connectivity index (χ1n) is 12.6. The minimum atomic E-state index is -0.530. The van der Waals surface area contributed by atoms with Crippen molar-refractivity contribution in [1.29, 1.82) is 0 Å². The van der Waals surface area contributed by atoms with Gasteiger partial charge in [0.05, 0.1) is 21.9 Å². The molecule has 0 spiro atoms. The maximum Gasteiger partial charge on any atom is 0.408 e. The Kier molecular flexibility index (Phi) is 9.01. The van der Waals surface area contributed by atoms with E-state index >= 15 is 0 Å². The van der Waals surface area contributed by atoms with Crippen molar-refractivity contribution in [3.8, 4) is 5.75 Å². The summed E-state index contributed by atoms with van der Waals surface area (Å²) in [6.07, 6.45) is 3.04. The van der Waals surface area contributed by atoms with E-state index in [1.54, 1.807) is 6.07 Å². The number of amides is 1. The second-order valence-electron chi connectivity index (χ2n) is 10.6. The first-order valence-corrected chi connectivity index (χ1v) is 14.1. The molecule has 0 atom stereocenters. The molecule has 202 valence electrons. The van der Waals surface area contributed by atoms with Crippen LogP contribution in [0.4, 0.5) is 10.5 Å². The van der Waals surface area contributed by atoms with E-state index in [1.165, 1.54) is 11.8 Å². The quantitative estimate of drug-likeness (QED) is 0.309. The second-order valence-corrected chi connectivity index (χ2v) is 12.4. The van der Waals surface area contributed by atoms with Crippen LogP contribution in [0.1, 0.15) is 46.1 Å². The van der Waals surface area contributed by atoms with Crippen LogP contribution in [0.2, 0.25) is 10.0 Å². The molecule has 1 amide bonds. The molecule has 1 aromatic heterocycles. The molecule has 0 radical (unpaired) electrons. The predicted molar refractivity (Wildman–Crippen MR) is 155 cm³/mol. The first kappa shape index (κ1) is 28.4. The molecule has 1 aliphatic heterocycles. The average Bonchev–Trinajstić information content (AvgIpc) is 2.86. The number of halogens is 2. The molecule has 1 N–H and O–H groups in total. The van der Waals surface area contributed by atoms with Gasteiger partial charge in [0, 0.05) is 29.6 Å². The summed E-state index contributed by atoms with van der Waals surface area (Å²) in [7, 11) is 0. The molecule has 38 heavy (non-hydrogen) atoms.